The lowest BCUT2D eigenvalue weighted by molar-refractivity contribution is -0.111. The van der Waals surface area contributed by atoms with E-state index < -0.39 is 26.6 Å². The number of urea groups is 1. The minimum atomic E-state index is -4.11. The molecule has 1 aliphatic carbocycles. The number of anilines is 1. The number of ether oxygens (including phenoxy) is 1. The SMILES string of the molecule is COc1ccc(S(=O)(=O)C2=CC(=NC(=O)Nc3ccccc3)C(C)=C(C)C2=O)cc1. The summed E-state index contributed by atoms with van der Waals surface area (Å²) in [5, 5.41) is 2.61. The molecule has 1 N–H and O–H groups in total. The van der Waals surface area contributed by atoms with Gasteiger partial charge < -0.3 is 10.1 Å². The number of sulfone groups is 1. The van der Waals surface area contributed by atoms with Crippen LogP contribution in [0.5, 0.6) is 5.75 Å². The number of para-hydroxylation sites is 1. The molecular weight excluding hydrogens is 404 g/mol. The Morgan fingerprint density at radius 3 is 2.20 bits per heavy atom. The van der Waals surface area contributed by atoms with Gasteiger partial charge in [-0.15, -0.1) is 0 Å². The summed E-state index contributed by atoms with van der Waals surface area (Å²) in [6.45, 7) is 3.13. The Labute approximate surface area is 174 Å². The normalized spacial score (nSPS) is 15.8. The van der Waals surface area contributed by atoms with Crippen LogP contribution in [-0.2, 0) is 14.6 Å². The van der Waals surface area contributed by atoms with Crippen molar-refractivity contribution in [3.63, 3.8) is 0 Å². The lowest BCUT2D eigenvalue weighted by Crippen LogP contribution is -2.23. The van der Waals surface area contributed by atoms with Crippen LogP contribution in [0.3, 0.4) is 0 Å². The zero-order valence-electron chi connectivity index (χ0n) is 16.7. The second-order valence-electron chi connectivity index (χ2n) is 6.56. The van der Waals surface area contributed by atoms with Crippen LogP contribution in [0.2, 0.25) is 0 Å². The van der Waals surface area contributed by atoms with E-state index in [9.17, 15) is 18.0 Å². The van der Waals surface area contributed by atoms with Crippen molar-refractivity contribution >= 4 is 33.1 Å². The van der Waals surface area contributed by atoms with Gasteiger partial charge in [-0.05, 0) is 61.9 Å². The number of nitrogens with one attached hydrogen (secondary N) is 1. The summed E-state index contributed by atoms with van der Waals surface area (Å²) in [5.74, 6) is -0.129. The third-order valence-electron chi connectivity index (χ3n) is 4.69. The fourth-order valence-electron chi connectivity index (χ4n) is 2.83. The second kappa shape index (κ2) is 8.46. The summed E-state index contributed by atoms with van der Waals surface area (Å²) in [5.41, 5.74) is 1.33. The summed E-state index contributed by atoms with van der Waals surface area (Å²) < 4.78 is 31.2. The number of rotatable bonds is 4. The molecule has 0 saturated carbocycles. The number of nitrogens with zero attached hydrogens (tertiary/aromatic N) is 1. The summed E-state index contributed by atoms with van der Waals surface area (Å²) in [4.78, 5) is 28.5. The van der Waals surface area contributed by atoms with Gasteiger partial charge in [0, 0.05) is 11.3 Å². The number of methoxy groups -OCH3 is 1. The summed E-state index contributed by atoms with van der Waals surface area (Å²) in [6, 6.07) is 13.8. The third kappa shape index (κ3) is 4.23. The average Bonchev–Trinajstić information content (AvgIpc) is 2.74. The molecule has 0 unspecified atom stereocenters. The van der Waals surface area contributed by atoms with E-state index in [4.69, 9.17) is 4.74 Å². The van der Waals surface area contributed by atoms with Gasteiger partial charge in [-0.3, -0.25) is 4.79 Å². The number of amides is 2. The zero-order valence-corrected chi connectivity index (χ0v) is 17.5. The van der Waals surface area contributed by atoms with Crippen molar-refractivity contribution in [1.29, 1.82) is 0 Å². The molecule has 0 aromatic heterocycles. The van der Waals surface area contributed by atoms with Crippen molar-refractivity contribution in [1.82, 2.24) is 0 Å². The highest BCUT2D eigenvalue weighted by Gasteiger charge is 2.32. The fourth-order valence-corrected chi connectivity index (χ4v) is 4.24. The van der Waals surface area contributed by atoms with Crippen LogP contribution in [0, 0.1) is 0 Å². The Kier molecular flexibility index (Phi) is 5.98. The second-order valence-corrected chi connectivity index (χ2v) is 8.48. The number of hydrogen-bond donors (Lipinski definition) is 1. The molecule has 8 heteroatoms. The Morgan fingerprint density at radius 1 is 0.967 bits per heavy atom. The molecule has 3 rings (SSSR count). The monoisotopic (exact) mass is 424 g/mol. The minimum Gasteiger partial charge on any atom is -0.497 e. The third-order valence-corrected chi connectivity index (χ3v) is 6.46. The van der Waals surface area contributed by atoms with E-state index >= 15 is 0 Å². The van der Waals surface area contributed by atoms with E-state index in [1.165, 1.54) is 38.3 Å². The number of ketones is 1. The number of benzene rings is 2. The molecule has 0 heterocycles. The van der Waals surface area contributed by atoms with Crippen LogP contribution >= 0.6 is 0 Å². The molecule has 0 spiro atoms. The van der Waals surface area contributed by atoms with E-state index in [2.05, 4.69) is 10.3 Å². The average molecular weight is 424 g/mol. The topological polar surface area (TPSA) is 102 Å². The van der Waals surface area contributed by atoms with Gasteiger partial charge in [-0.1, -0.05) is 18.2 Å². The van der Waals surface area contributed by atoms with E-state index in [-0.39, 0.29) is 16.2 Å². The summed E-state index contributed by atoms with van der Waals surface area (Å²) in [7, 11) is -2.64. The number of carbonyl (C=O) groups excluding carboxylic acids is 2. The molecule has 0 saturated heterocycles. The first-order chi connectivity index (χ1) is 14.2. The number of allylic oxidation sites excluding steroid dienone is 4. The first-order valence-electron chi connectivity index (χ1n) is 9.02. The Balaban J connectivity index is 1.99. The van der Waals surface area contributed by atoms with Crippen LogP contribution in [-0.4, -0.2) is 33.1 Å². The van der Waals surface area contributed by atoms with Crippen molar-refractivity contribution in [2.75, 3.05) is 12.4 Å². The molecule has 2 aromatic rings. The van der Waals surface area contributed by atoms with Crippen LogP contribution in [0.1, 0.15) is 13.8 Å². The lowest BCUT2D eigenvalue weighted by Gasteiger charge is -2.17. The fraction of sp³-hybridized carbons (Fsp3) is 0.136. The summed E-state index contributed by atoms with van der Waals surface area (Å²) >= 11 is 0. The quantitative estimate of drug-likeness (QED) is 0.749. The number of aliphatic imine (C=N–C) groups is 1. The van der Waals surface area contributed by atoms with Crippen LogP contribution in [0.15, 0.2) is 86.6 Å². The van der Waals surface area contributed by atoms with Gasteiger partial charge in [0.05, 0.1) is 17.7 Å². The molecule has 0 bridgehead atoms. The smallest absolute Gasteiger partial charge is 0.345 e. The molecule has 0 aliphatic heterocycles. The highest BCUT2D eigenvalue weighted by Crippen LogP contribution is 2.29. The van der Waals surface area contributed by atoms with Crippen LogP contribution in [0.4, 0.5) is 10.5 Å². The van der Waals surface area contributed by atoms with Gasteiger partial charge in [0.15, 0.2) is 0 Å². The number of Topliss-reactive ketones (excluding diaryl/α,β-unsaturated/α-hetero) is 1. The van der Waals surface area contributed by atoms with Crippen LogP contribution < -0.4 is 10.1 Å². The van der Waals surface area contributed by atoms with Gasteiger partial charge in [0.2, 0.25) is 15.6 Å². The van der Waals surface area contributed by atoms with Crippen LogP contribution in [0.25, 0.3) is 0 Å². The minimum absolute atomic E-state index is 0.0525. The van der Waals surface area contributed by atoms with Gasteiger partial charge in [-0.25, -0.2) is 13.2 Å². The van der Waals surface area contributed by atoms with Gasteiger partial charge >= 0.3 is 6.03 Å². The lowest BCUT2D eigenvalue weighted by atomic mass is 9.96. The van der Waals surface area contributed by atoms with E-state index in [1.807, 2.05) is 6.07 Å². The molecular formula is C22H20N2O5S. The predicted molar refractivity (Wildman–Crippen MR) is 115 cm³/mol. The molecule has 154 valence electrons. The van der Waals surface area contributed by atoms with Gasteiger partial charge in [-0.2, -0.15) is 4.99 Å². The number of carbonyl (C=O) groups is 2. The molecule has 0 radical (unpaired) electrons. The largest absolute Gasteiger partial charge is 0.497 e. The molecule has 7 nitrogen and oxygen atoms in total. The molecule has 2 aromatic carbocycles. The molecule has 1 aliphatic rings. The predicted octanol–water partition coefficient (Wildman–Crippen LogP) is 3.95. The van der Waals surface area contributed by atoms with E-state index in [0.29, 0.717) is 17.0 Å². The highest BCUT2D eigenvalue weighted by atomic mass is 32.2. The van der Waals surface area contributed by atoms with Crippen molar-refractivity contribution < 1.29 is 22.7 Å². The van der Waals surface area contributed by atoms with E-state index in [1.54, 1.807) is 31.2 Å². The van der Waals surface area contributed by atoms with Crippen molar-refractivity contribution in [2.24, 2.45) is 4.99 Å². The maximum atomic E-state index is 13.1. The first-order valence-corrected chi connectivity index (χ1v) is 10.5. The van der Waals surface area contributed by atoms with Crippen molar-refractivity contribution in [2.45, 2.75) is 18.7 Å². The van der Waals surface area contributed by atoms with Gasteiger partial charge in [0.25, 0.3) is 0 Å². The van der Waals surface area contributed by atoms with Crippen molar-refractivity contribution in [3.8, 4) is 5.75 Å². The maximum absolute atomic E-state index is 13.1. The Hall–Kier alpha value is -3.52. The molecule has 30 heavy (non-hydrogen) atoms. The first kappa shape index (κ1) is 21.2. The molecule has 2 amide bonds. The maximum Gasteiger partial charge on any atom is 0.345 e. The van der Waals surface area contributed by atoms with Crippen molar-refractivity contribution in [3.05, 3.63) is 76.7 Å². The Bertz CT molecular complexity index is 1190. The standard InChI is InChI=1S/C22H20N2O5S/c1-14-15(2)21(25)20(30(27,28)18-11-9-17(29-3)10-12-18)13-19(14)24-22(26)23-16-7-5-4-6-8-16/h4-13H,1-3H3,(H,23,26). The number of hydrogen-bond acceptors (Lipinski definition) is 5. The molecule has 0 fully saturated rings. The van der Waals surface area contributed by atoms with Gasteiger partial charge in [0.1, 0.15) is 10.7 Å². The Morgan fingerprint density at radius 2 is 1.60 bits per heavy atom. The van der Waals surface area contributed by atoms with E-state index in [0.717, 1.165) is 6.08 Å². The summed E-state index contributed by atoms with van der Waals surface area (Å²) in [6.07, 6.45) is 1.15. The highest BCUT2D eigenvalue weighted by molar-refractivity contribution is 7.96. The molecule has 0 atom stereocenters. The zero-order chi connectivity index (χ0) is 21.9.